The minimum absolute atomic E-state index is 0.347. The minimum Gasteiger partial charge on any atom is -0.480 e. The van der Waals surface area contributed by atoms with E-state index in [-0.39, 0.29) is 5.91 Å². The van der Waals surface area contributed by atoms with E-state index in [1.807, 2.05) is 0 Å². The maximum atomic E-state index is 11.6. The lowest BCUT2D eigenvalue weighted by Crippen LogP contribution is -2.55. The third-order valence-electron chi connectivity index (χ3n) is 2.45. The summed E-state index contributed by atoms with van der Waals surface area (Å²) in [7, 11) is 1.45. The predicted octanol–water partition coefficient (Wildman–Crippen LogP) is 0.0453. The Bertz CT molecular complexity index is 238. The molecule has 0 aliphatic rings. The molecular formula is C9H18N2O3. The molecule has 0 aliphatic heterocycles. The van der Waals surface area contributed by atoms with Crippen molar-refractivity contribution >= 4 is 11.9 Å². The maximum Gasteiger partial charge on any atom is 0.329 e. The van der Waals surface area contributed by atoms with Crippen LogP contribution in [0, 0.1) is 0 Å². The fraction of sp³-hybridized carbons (Fsp3) is 0.778. The summed E-state index contributed by atoms with van der Waals surface area (Å²) in [6.45, 7) is 4.72. The van der Waals surface area contributed by atoms with Crippen LogP contribution in [0.3, 0.4) is 0 Å². The summed E-state index contributed by atoms with van der Waals surface area (Å²) in [5, 5.41) is 8.88. The third kappa shape index (κ3) is 2.45. The molecule has 0 aromatic rings. The molecule has 3 N–H and O–H groups in total. The van der Waals surface area contributed by atoms with E-state index >= 15 is 0 Å². The minimum atomic E-state index is -1.22. The number of carboxylic acid groups (broad SMARTS) is 1. The van der Waals surface area contributed by atoms with Gasteiger partial charge in [-0.05, 0) is 20.3 Å². The van der Waals surface area contributed by atoms with Gasteiger partial charge in [0.1, 0.15) is 5.54 Å². The molecule has 0 saturated carbocycles. The summed E-state index contributed by atoms with van der Waals surface area (Å²) < 4.78 is 0. The van der Waals surface area contributed by atoms with E-state index in [2.05, 4.69) is 0 Å². The van der Waals surface area contributed by atoms with E-state index in [0.29, 0.717) is 6.42 Å². The summed E-state index contributed by atoms with van der Waals surface area (Å²) in [5.74, 6) is -1.39. The molecule has 0 unspecified atom stereocenters. The van der Waals surface area contributed by atoms with Crippen molar-refractivity contribution in [3.63, 3.8) is 0 Å². The average molecular weight is 202 g/mol. The predicted molar refractivity (Wildman–Crippen MR) is 52.8 cm³/mol. The quantitative estimate of drug-likeness (QED) is 0.674. The van der Waals surface area contributed by atoms with Crippen molar-refractivity contribution in [1.29, 1.82) is 0 Å². The number of nitrogens with two attached hydrogens (primary N) is 1. The number of carbonyl (C=O) groups excluding carboxylic acids is 1. The first-order valence-electron chi connectivity index (χ1n) is 4.51. The highest BCUT2D eigenvalue weighted by molar-refractivity contribution is 5.88. The zero-order chi connectivity index (χ0) is 11.5. The molecule has 14 heavy (non-hydrogen) atoms. The molecule has 0 rings (SSSR count). The Morgan fingerprint density at radius 3 is 2.21 bits per heavy atom. The van der Waals surface area contributed by atoms with Crippen molar-refractivity contribution in [2.45, 2.75) is 38.8 Å². The number of hydrogen-bond donors (Lipinski definition) is 2. The largest absolute Gasteiger partial charge is 0.480 e. The number of carbonyl (C=O) groups is 2. The summed E-state index contributed by atoms with van der Waals surface area (Å²) in [6.07, 6.45) is 0.499. The second-order valence-electron chi connectivity index (χ2n) is 3.78. The standard InChI is InChI=1S/C9H18N2O3/c1-5-6(10)7(12)11(4)9(2,3)8(13)14/h6H,5,10H2,1-4H3,(H,13,14)/t6-/m1/s1. The number of amides is 1. The molecule has 0 aliphatic carbocycles. The second kappa shape index (κ2) is 4.41. The molecule has 0 aromatic heterocycles. The van der Waals surface area contributed by atoms with Crippen LogP contribution in [0.25, 0.3) is 0 Å². The van der Waals surface area contributed by atoms with E-state index in [1.54, 1.807) is 6.92 Å². The highest BCUT2D eigenvalue weighted by atomic mass is 16.4. The van der Waals surface area contributed by atoms with Crippen LogP contribution in [0.1, 0.15) is 27.2 Å². The van der Waals surface area contributed by atoms with Crippen LogP contribution < -0.4 is 5.73 Å². The fourth-order valence-corrected chi connectivity index (χ4v) is 0.842. The van der Waals surface area contributed by atoms with Crippen LogP contribution in [0.4, 0.5) is 0 Å². The molecule has 5 nitrogen and oxygen atoms in total. The van der Waals surface area contributed by atoms with Gasteiger partial charge in [0.2, 0.25) is 5.91 Å². The van der Waals surface area contributed by atoms with Crippen LogP contribution in [0.2, 0.25) is 0 Å². The van der Waals surface area contributed by atoms with E-state index in [4.69, 9.17) is 10.8 Å². The second-order valence-corrected chi connectivity index (χ2v) is 3.78. The molecule has 0 spiro atoms. The van der Waals surface area contributed by atoms with Crippen LogP contribution in [-0.2, 0) is 9.59 Å². The van der Waals surface area contributed by atoms with Gasteiger partial charge in [-0.3, -0.25) is 4.79 Å². The van der Waals surface area contributed by atoms with Gasteiger partial charge in [0.15, 0.2) is 0 Å². The Labute approximate surface area is 83.9 Å². The van der Waals surface area contributed by atoms with Crippen molar-refractivity contribution in [3.05, 3.63) is 0 Å². The van der Waals surface area contributed by atoms with Gasteiger partial charge >= 0.3 is 5.97 Å². The monoisotopic (exact) mass is 202 g/mol. The molecular weight excluding hydrogens is 184 g/mol. The van der Waals surface area contributed by atoms with Crippen LogP contribution in [-0.4, -0.2) is 40.5 Å². The Morgan fingerprint density at radius 1 is 1.50 bits per heavy atom. The zero-order valence-corrected chi connectivity index (χ0v) is 9.07. The summed E-state index contributed by atoms with van der Waals surface area (Å²) in [6, 6.07) is -0.626. The molecule has 5 heteroatoms. The van der Waals surface area contributed by atoms with E-state index in [0.717, 1.165) is 0 Å². The number of likely N-dealkylation sites (N-methyl/N-ethyl adjacent to an activating group) is 1. The van der Waals surface area contributed by atoms with Crippen LogP contribution >= 0.6 is 0 Å². The van der Waals surface area contributed by atoms with Crippen LogP contribution in [0.15, 0.2) is 0 Å². The summed E-state index contributed by atoms with van der Waals surface area (Å²) in [5.41, 5.74) is 4.31. The van der Waals surface area contributed by atoms with Crippen molar-refractivity contribution in [2.75, 3.05) is 7.05 Å². The van der Waals surface area contributed by atoms with Gasteiger partial charge in [-0.2, -0.15) is 0 Å². The Morgan fingerprint density at radius 2 is 1.93 bits per heavy atom. The van der Waals surface area contributed by atoms with Gasteiger partial charge in [0.25, 0.3) is 0 Å². The van der Waals surface area contributed by atoms with E-state index in [1.165, 1.54) is 25.8 Å². The summed E-state index contributed by atoms with van der Waals surface area (Å²) >= 11 is 0. The molecule has 0 bridgehead atoms. The smallest absolute Gasteiger partial charge is 0.329 e. The topological polar surface area (TPSA) is 83.6 Å². The molecule has 0 radical (unpaired) electrons. The summed E-state index contributed by atoms with van der Waals surface area (Å²) in [4.78, 5) is 23.6. The molecule has 0 aromatic carbocycles. The third-order valence-corrected chi connectivity index (χ3v) is 2.45. The van der Waals surface area contributed by atoms with Crippen molar-refractivity contribution in [3.8, 4) is 0 Å². The van der Waals surface area contributed by atoms with E-state index < -0.39 is 17.6 Å². The van der Waals surface area contributed by atoms with Gasteiger partial charge < -0.3 is 15.7 Å². The molecule has 0 fully saturated rings. The maximum absolute atomic E-state index is 11.6. The van der Waals surface area contributed by atoms with E-state index in [9.17, 15) is 9.59 Å². The van der Waals surface area contributed by atoms with Crippen molar-refractivity contribution in [2.24, 2.45) is 5.73 Å². The van der Waals surface area contributed by atoms with Crippen molar-refractivity contribution in [1.82, 2.24) is 4.90 Å². The van der Waals surface area contributed by atoms with Gasteiger partial charge in [0, 0.05) is 7.05 Å². The van der Waals surface area contributed by atoms with Crippen molar-refractivity contribution < 1.29 is 14.7 Å². The lowest BCUT2D eigenvalue weighted by atomic mass is 10.0. The SMILES string of the molecule is CC[C@@H](N)C(=O)N(C)C(C)(C)C(=O)O. The molecule has 82 valence electrons. The highest BCUT2D eigenvalue weighted by Crippen LogP contribution is 2.13. The highest BCUT2D eigenvalue weighted by Gasteiger charge is 2.36. The zero-order valence-electron chi connectivity index (χ0n) is 9.07. The number of carboxylic acids is 1. The lowest BCUT2D eigenvalue weighted by Gasteiger charge is -2.33. The molecule has 1 amide bonds. The Kier molecular flexibility index (Phi) is 4.07. The molecule has 0 heterocycles. The van der Waals surface area contributed by atoms with Crippen LogP contribution in [0.5, 0.6) is 0 Å². The number of nitrogens with zero attached hydrogens (tertiary/aromatic N) is 1. The average Bonchev–Trinajstić information content (AvgIpc) is 2.13. The number of hydrogen-bond acceptors (Lipinski definition) is 3. The first-order chi connectivity index (χ1) is 6.25. The normalized spacial score (nSPS) is 13.5. The number of aliphatic carboxylic acids is 1. The Hall–Kier alpha value is -1.10. The molecule has 0 saturated heterocycles. The fourth-order valence-electron chi connectivity index (χ4n) is 0.842. The van der Waals surface area contributed by atoms with Gasteiger partial charge in [0.05, 0.1) is 6.04 Å². The Balaban J connectivity index is 4.69. The number of rotatable bonds is 4. The first kappa shape index (κ1) is 12.9. The lowest BCUT2D eigenvalue weighted by molar-refractivity contribution is -0.155. The first-order valence-corrected chi connectivity index (χ1v) is 4.51. The van der Waals surface area contributed by atoms with Gasteiger partial charge in [-0.1, -0.05) is 6.92 Å². The molecule has 1 atom stereocenters. The van der Waals surface area contributed by atoms with Gasteiger partial charge in [-0.15, -0.1) is 0 Å². The van der Waals surface area contributed by atoms with Gasteiger partial charge in [-0.25, -0.2) is 4.79 Å².